The lowest BCUT2D eigenvalue weighted by Crippen LogP contribution is -2.48. The van der Waals surface area contributed by atoms with Gasteiger partial charge in [0.2, 0.25) is 0 Å². The van der Waals surface area contributed by atoms with Crippen molar-refractivity contribution in [3.63, 3.8) is 0 Å². The molecule has 2 saturated heterocycles. The number of alkyl halides is 3. The Morgan fingerprint density at radius 2 is 1.85 bits per heavy atom. The monoisotopic (exact) mass is 574 g/mol. The Morgan fingerprint density at radius 1 is 1.10 bits per heavy atom. The van der Waals surface area contributed by atoms with Gasteiger partial charge in [-0.25, -0.2) is 0 Å². The van der Waals surface area contributed by atoms with Crippen molar-refractivity contribution in [2.75, 3.05) is 33.3 Å². The van der Waals surface area contributed by atoms with Crippen LogP contribution in [0.4, 0.5) is 18.0 Å². The number of hydrogen-bond acceptors (Lipinski definition) is 7. The van der Waals surface area contributed by atoms with Crippen LogP contribution in [0.1, 0.15) is 30.5 Å². The molecule has 0 saturated carbocycles. The zero-order valence-corrected chi connectivity index (χ0v) is 23.1. The van der Waals surface area contributed by atoms with Crippen LogP contribution in [0.5, 0.6) is 5.75 Å². The van der Waals surface area contributed by atoms with Gasteiger partial charge in [-0.05, 0) is 67.1 Å². The molecule has 12 heteroatoms. The summed E-state index contributed by atoms with van der Waals surface area (Å²) in [4.78, 5) is 29.4. The predicted molar refractivity (Wildman–Crippen MR) is 146 cm³/mol. The summed E-state index contributed by atoms with van der Waals surface area (Å²) in [5, 5.41) is 4.69. The molecule has 0 aliphatic carbocycles. The third kappa shape index (κ3) is 6.03. The number of ether oxygens (including phenoxy) is 2. The van der Waals surface area contributed by atoms with Crippen molar-refractivity contribution in [1.82, 2.24) is 19.6 Å². The number of nitrogens with zero attached hydrogens (tertiary/aromatic N) is 4. The molecule has 0 spiro atoms. The number of methoxy groups -OCH3 is 1. The molecule has 0 N–H and O–H groups in total. The largest absolute Gasteiger partial charge is 0.497 e. The van der Waals surface area contributed by atoms with Crippen molar-refractivity contribution >= 4 is 39.9 Å². The van der Waals surface area contributed by atoms with Gasteiger partial charge in [0.25, 0.3) is 11.1 Å². The molecule has 5 rings (SSSR count). The van der Waals surface area contributed by atoms with E-state index in [-0.39, 0.29) is 41.2 Å². The van der Waals surface area contributed by atoms with Crippen LogP contribution in [0.15, 0.2) is 47.5 Å². The number of amides is 2. The maximum Gasteiger partial charge on any atom is 0.416 e. The molecule has 3 aromatic rings. The van der Waals surface area contributed by atoms with Gasteiger partial charge in [0, 0.05) is 31.6 Å². The van der Waals surface area contributed by atoms with Gasteiger partial charge < -0.3 is 9.47 Å². The van der Waals surface area contributed by atoms with Crippen molar-refractivity contribution < 1.29 is 32.2 Å². The lowest BCUT2D eigenvalue weighted by Gasteiger charge is -2.35. The van der Waals surface area contributed by atoms with Gasteiger partial charge in [-0.1, -0.05) is 12.1 Å². The second-order valence-electron chi connectivity index (χ2n) is 9.99. The Bertz CT molecular complexity index is 1460. The Labute approximate surface area is 233 Å². The number of thioether (sulfide) groups is 1. The summed E-state index contributed by atoms with van der Waals surface area (Å²) in [6.45, 7) is 6.31. The van der Waals surface area contributed by atoms with E-state index < -0.39 is 11.7 Å². The van der Waals surface area contributed by atoms with E-state index in [1.165, 1.54) is 28.8 Å². The molecule has 2 aliphatic heterocycles. The highest BCUT2D eigenvalue weighted by Gasteiger charge is 2.36. The van der Waals surface area contributed by atoms with E-state index in [2.05, 4.69) is 10.00 Å². The average Bonchev–Trinajstić information content (AvgIpc) is 3.40. The number of fused-ring (bicyclic) bond motifs is 1. The van der Waals surface area contributed by atoms with Crippen LogP contribution in [-0.2, 0) is 22.3 Å². The second-order valence-corrected chi connectivity index (χ2v) is 11.0. The van der Waals surface area contributed by atoms with Crippen LogP contribution in [0.25, 0.3) is 17.0 Å². The first-order valence-electron chi connectivity index (χ1n) is 12.8. The Kier molecular flexibility index (Phi) is 7.94. The van der Waals surface area contributed by atoms with Crippen LogP contribution in [0, 0.1) is 0 Å². The summed E-state index contributed by atoms with van der Waals surface area (Å²) >= 11 is 0.901. The van der Waals surface area contributed by atoms with Gasteiger partial charge in [-0.2, -0.15) is 18.3 Å². The number of hydrogen-bond donors (Lipinski definition) is 0. The van der Waals surface area contributed by atoms with Crippen molar-refractivity contribution in [1.29, 1.82) is 0 Å². The predicted octanol–water partition coefficient (Wildman–Crippen LogP) is 5.26. The number of benzene rings is 2. The molecule has 0 bridgehead atoms. The van der Waals surface area contributed by atoms with Gasteiger partial charge in [0.15, 0.2) is 0 Å². The highest BCUT2D eigenvalue weighted by molar-refractivity contribution is 8.18. The van der Waals surface area contributed by atoms with E-state index in [9.17, 15) is 22.8 Å². The van der Waals surface area contributed by atoms with Crippen LogP contribution in [-0.4, -0.2) is 76.2 Å². The molecular formula is C28H29F3N4O4S. The average molecular weight is 575 g/mol. The number of imide groups is 1. The molecule has 0 radical (unpaired) electrons. The number of rotatable bonds is 7. The number of aromatic nitrogens is 2. The maximum atomic E-state index is 13.7. The number of halogens is 3. The summed E-state index contributed by atoms with van der Waals surface area (Å²) in [5.74, 6) is -0.208. The zero-order chi connectivity index (χ0) is 28.6. The van der Waals surface area contributed by atoms with Crippen molar-refractivity contribution in [2.45, 2.75) is 38.8 Å². The van der Waals surface area contributed by atoms with Gasteiger partial charge in [0.1, 0.15) is 5.75 Å². The molecule has 40 heavy (non-hydrogen) atoms. The smallest absolute Gasteiger partial charge is 0.416 e. The van der Waals surface area contributed by atoms with E-state index >= 15 is 0 Å². The summed E-state index contributed by atoms with van der Waals surface area (Å²) < 4.78 is 53.2. The molecule has 0 unspecified atom stereocenters. The number of morpholine rings is 1. The van der Waals surface area contributed by atoms with E-state index in [1.54, 1.807) is 30.5 Å². The van der Waals surface area contributed by atoms with E-state index in [0.29, 0.717) is 34.5 Å². The zero-order valence-electron chi connectivity index (χ0n) is 22.3. The normalized spacial score (nSPS) is 21.6. The highest BCUT2D eigenvalue weighted by Crippen LogP contribution is 2.36. The first kappa shape index (κ1) is 28.2. The Balaban J connectivity index is 1.30. The van der Waals surface area contributed by atoms with Gasteiger partial charge in [0.05, 0.1) is 48.0 Å². The molecule has 2 fully saturated rings. The topological polar surface area (TPSA) is 76.9 Å². The summed E-state index contributed by atoms with van der Waals surface area (Å²) in [6.07, 6.45) is -1.12. The first-order valence-corrected chi connectivity index (χ1v) is 13.7. The molecule has 1 aromatic heterocycles. The minimum absolute atomic E-state index is 0.0667. The minimum Gasteiger partial charge on any atom is -0.497 e. The molecular weight excluding hydrogens is 545 g/mol. The lowest BCUT2D eigenvalue weighted by molar-refractivity contribution is -0.138. The molecule has 8 nitrogen and oxygen atoms in total. The third-order valence-electron chi connectivity index (χ3n) is 6.91. The van der Waals surface area contributed by atoms with Gasteiger partial charge >= 0.3 is 6.18 Å². The lowest BCUT2D eigenvalue weighted by atomic mass is 10.1. The minimum atomic E-state index is -4.54. The molecule has 3 heterocycles. The molecule has 2 atom stereocenters. The van der Waals surface area contributed by atoms with E-state index in [4.69, 9.17) is 9.47 Å². The van der Waals surface area contributed by atoms with Crippen molar-refractivity contribution in [2.24, 2.45) is 0 Å². The summed E-state index contributed by atoms with van der Waals surface area (Å²) in [7, 11) is 1.32. The fraction of sp³-hybridized carbons (Fsp3) is 0.393. The molecule has 2 amide bonds. The number of carbonyl (C=O) groups is 2. The molecule has 212 valence electrons. The van der Waals surface area contributed by atoms with Crippen molar-refractivity contribution in [3.05, 3.63) is 64.2 Å². The quantitative estimate of drug-likeness (QED) is 0.357. The highest BCUT2D eigenvalue weighted by atomic mass is 32.2. The fourth-order valence-electron chi connectivity index (χ4n) is 5.12. The Morgan fingerprint density at radius 3 is 2.55 bits per heavy atom. The Hall–Kier alpha value is -3.35. The summed E-state index contributed by atoms with van der Waals surface area (Å²) in [5.41, 5.74) is 0.620. The molecule has 2 aliphatic rings. The van der Waals surface area contributed by atoms with Crippen molar-refractivity contribution in [3.8, 4) is 5.75 Å². The second kappa shape index (κ2) is 11.3. The SMILES string of the molecule is COc1ccc(Cn2ncc3cc(/C=C4\SC(=O)N(CCN5C[C@@H](C)O[C@@H](C)C5)C4=O)ccc32)c(C(F)(F)F)c1. The standard InChI is InChI=1S/C28H29F3N4O4S/c1-17-14-33(15-18(2)39-17)8-9-34-26(36)25(40-27(34)37)11-19-4-7-24-21(10-19)13-32-35(24)16-20-5-6-22(38-3)12-23(20)28(29,30)31/h4-7,10-13,17-18H,8-9,14-16H2,1-3H3/b25-11-/t17-,18+. The number of carbonyl (C=O) groups excluding carboxylic acids is 2. The van der Waals surface area contributed by atoms with Gasteiger partial charge in [-0.15, -0.1) is 0 Å². The summed E-state index contributed by atoms with van der Waals surface area (Å²) in [6, 6.07) is 9.15. The van der Waals surface area contributed by atoms with Crippen LogP contribution in [0.3, 0.4) is 0 Å². The maximum absolute atomic E-state index is 13.7. The van der Waals surface area contributed by atoms with Crippen LogP contribution >= 0.6 is 11.8 Å². The fourth-order valence-corrected chi connectivity index (χ4v) is 5.98. The van der Waals surface area contributed by atoms with Gasteiger partial charge in [-0.3, -0.25) is 24.1 Å². The third-order valence-corrected chi connectivity index (χ3v) is 7.82. The van der Waals surface area contributed by atoms with E-state index in [0.717, 1.165) is 30.9 Å². The van der Waals surface area contributed by atoms with Crippen LogP contribution in [0.2, 0.25) is 0 Å². The van der Waals surface area contributed by atoms with Crippen LogP contribution < -0.4 is 4.74 Å². The first-order chi connectivity index (χ1) is 19.0. The van der Waals surface area contributed by atoms with E-state index in [1.807, 2.05) is 13.8 Å². The molecule has 2 aromatic carbocycles.